The number of fused-ring (bicyclic) bond motifs is 4. The highest BCUT2D eigenvalue weighted by Crippen LogP contribution is 2.50. The van der Waals surface area contributed by atoms with E-state index in [2.05, 4.69) is 0 Å². The molecule has 1 aromatic heterocycles. The standard InChI is InChI=1S/C32H35F2N4O8PS/c1-5-37(27(18(2)3)32(41)44-4)47(42,43)46-30-23(39)12-13-36-29(30)31(40)35-14-15-45-16-25(35)38(36)28-19-10-11-22(33)26(34)21(19)17-48-24-9-7-6-8-20(24)28/h6-13,18,25,27-28H,5,14-17H2,1-4H3,(H,42,43)/t25-,27?,28+/m1/s1. The number of nitrogens with zero attached hydrogens (tertiary/aromatic N) is 4. The quantitative estimate of drug-likeness (QED) is 0.267. The second kappa shape index (κ2) is 13.3. The number of carbonyl (C=O) groups is 2. The molecule has 1 N–H and O–H groups in total. The van der Waals surface area contributed by atoms with Crippen LogP contribution in [0, 0.1) is 17.6 Å². The van der Waals surface area contributed by atoms with Gasteiger partial charge in [0.1, 0.15) is 12.2 Å². The van der Waals surface area contributed by atoms with E-state index in [0.29, 0.717) is 5.56 Å². The first-order valence-corrected chi connectivity index (χ1v) is 17.9. The van der Waals surface area contributed by atoms with Gasteiger partial charge in [0, 0.05) is 41.6 Å². The van der Waals surface area contributed by atoms with Gasteiger partial charge in [-0.3, -0.25) is 24.1 Å². The zero-order valence-corrected chi connectivity index (χ0v) is 28.4. The molecule has 4 atom stereocenters. The number of hydrogen-bond acceptors (Lipinski definition) is 9. The van der Waals surface area contributed by atoms with E-state index in [0.717, 1.165) is 34.4 Å². The average Bonchev–Trinajstić information content (AvgIpc) is 3.23. The fourth-order valence-corrected chi connectivity index (χ4v) is 9.29. The summed E-state index contributed by atoms with van der Waals surface area (Å²) in [7, 11) is -3.85. The van der Waals surface area contributed by atoms with Crippen LogP contribution in [-0.4, -0.2) is 76.6 Å². The van der Waals surface area contributed by atoms with Gasteiger partial charge in [0.05, 0.1) is 26.4 Å². The van der Waals surface area contributed by atoms with E-state index < -0.39 is 66.6 Å². The van der Waals surface area contributed by atoms with Crippen molar-refractivity contribution in [3.05, 3.63) is 92.9 Å². The van der Waals surface area contributed by atoms with Gasteiger partial charge in [-0.1, -0.05) is 45.0 Å². The highest BCUT2D eigenvalue weighted by atomic mass is 32.2. The number of ether oxygens (including phenoxy) is 2. The molecule has 1 saturated heterocycles. The minimum Gasteiger partial charge on any atom is -0.468 e. The molecule has 12 nitrogen and oxygen atoms in total. The second-order valence-corrected chi connectivity index (χ2v) is 14.5. The SMILES string of the molecule is CCN(C(C(=O)OC)C(C)C)P(=O)(O)Oc1c2n(ccc1=O)N([C@@H]1c3ccccc3SCc3c1ccc(F)c3F)[C@@H]1COCCN1C2=O. The second-order valence-electron chi connectivity index (χ2n) is 11.8. The van der Waals surface area contributed by atoms with Crippen LogP contribution in [0.25, 0.3) is 0 Å². The summed E-state index contributed by atoms with van der Waals surface area (Å²) in [5.74, 6) is -4.48. The monoisotopic (exact) mass is 704 g/mol. The number of amides is 1. The fourth-order valence-electron chi connectivity index (χ4n) is 6.62. The Balaban J connectivity index is 1.57. The Labute approximate surface area is 279 Å². The van der Waals surface area contributed by atoms with Crippen LogP contribution in [-0.2, 0) is 24.6 Å². The van der Waals surface area contributed by atoms with Crippen LogP contribution in [0.15, 0.2) is 58.4 Å². The summed E-state index contributed by atoms with van der Waals surface area (Å²) in [6, 6.07) is 8.98. The number of pyridine rings is 1. The van der Waals surface area contributed by atoms with E-state index in [1.807, 2.05) is 24.3 Å². The van der Waals surface area contributed by atoms with Crippen LogP contribution in [0.4, 0.5) is 8.78 Å². The van der Waals surface area contributed by atoms with Gasteiger partial charge in [-0.15, -0.1) is 11.8 Å². The number of rotatable bonds is 8. The van der Waals surface area contributed by atoms with Gasteiger partial charge < -0.3 is 23.8 Å². The van der Waals surface area contributed by atoms with Gasteiger partial charge in [0.25, 0.3) is 5.91 Å². The van der Waals surface area contributed by atoms with E-state index in [1.165, 1.54) is 33.6 Å². The maximum atomic E-state index is 15.5. The van der Waals surface area contributed by atoms with Crippen LogP contribution in [0.2, 0.25) is 0 Å². The van der Waals surface area contributed by atoms with E-state index in [9.17, 15) is 28.2 Å². The molecule has 16 heteroatoms. The van der Waals surface area contributed by atoms with Gasteiger partial charge in [0.2, 0.25) is 11.2 Å². The first kappa shape index (κ1) is 34.1. The number of likely N-dealkylation sites (N-methyl/N-ethyl adjacent to an activating group) is 1. The van der Waals surface area contributed by atoms with E-state index in [4.69, 9.17) is 14.0 Å². The number of halogens is 2. The molecule has 256 valence electrons. The van der Waals surface area contributed by atoms with Crippen molar-refractivity contribution < 1.29 is 41.8 Å². The molecule has 0 radical (unpaired) electrons. The predicted octanol–water partition coefficient (Wildman–Crippen LogP) is 4.27. The van der Waals surface area contributed by atoms with Gasteiger partial charge >= 0.3 is 13.7 Å². The van der Waals surface area contributed by atoms with Crippen LogP contribution in [0.1, 0.15) is 54.0 Å². The smallest absolute Gasteiger partial charge is 0.459 e. The largest absolute Gasteiger partial charge is 0.468 e. The maximum Gasteiger partial charge on any atom is 0.459 e. The summed E-state index contributed by atoms with van der Waals surface area (Å²) in [6.45, 7) is 5.06. The first-order valence-electron chi connectivity index (χ1n) is 15.4. The third-order valence-corrected chi connectivity index (χ3v) is 11.5. The van der Waals surface area contributed by atoms with E-state index in [-0.39, 0.29) is 43.3 Å². The molecular weight excluding hydrogens is 669 g/mol. The van der Waals surface area contributed by atoms with E-state index >= 15 is 4.39 Å². The number of morpholine rings is 1. The Kier molecular flexibility index (Phi) is 9.44. The molecule has 0 saturated carbocycles. The van der Waals surface area contributed by atoms with Crippen LogP contribution in [0.5, 0.6) is 5.75 Å². The molecule has 6 rings (SSSR count). The molecule has 2 unspecified atom stereocenters. The molecule has 4 heterocycles. The van der Waals surface area contributed by atoms with Crippen LogP contribution in [0.3, 0.4) is 0 Å². The molecule has 1 fully saturated rings. The number of hydrogen-bond donors (Lipinski definition) is 1. The van der Waals surface area contributed by atoms with Crippen LogP contribution >= 0.6 is 19.5 Å². The summed E-state index contributed by atoms with van der Waals surface area (Å²) in [6.07, 6.45) is 0.564. The number of thioether (sulfide) groups is 1. The number of esters is 1. The summed E-state index contributed by atoms with van der Waals surface area (Å²) < 4.78 is 62.8. The lowest BCUT2D eigenvalue weighted by Crippen LogP contribution is -2.66. The molecule has 3 aromatic rings. The highest BCUT2D eigenvalue weighted by molar-refractivity contribution is 7.98. The third kappa shape index (κ3) is 5.71. The molecule has 0 aliphatic carbocycles. The summed E-state index contributed by atoms with van der Waals surface area (Å²) >= 11 is 1.34. The molecule has 3 aliphatic rings. The van der Waals surface area contributed by atoms with Crippen molar-refractivity contribution in [2.75, 3.05) is 38.4 Å². The van der Waals surface area contributed by atoms with Crippen molar-refractivity contribution >= 4 is 31.4 Å². The molecule has 3 aliphatic heterocycles. The van der Waals surface area contributed by atoms with Gasteiger partial charge in [0.15, 0.2) is 17.3 Å². The maximum absolute atomic E-state index is 15.5. The average molecular weight is 705 g/mol. The zero-order valence-electron chi connectivity index (χ0n) is 26.7. The Bertz CT molecular complexity index is 1880. The van der Waals surface area contributed by atoms with Crippen molar-refractivity contribution in [2.45, 2.75) is 49.7 Å². The fraction of sp³-hybridized carbons (Fsp3) is 0.406. The molecule has 0 bridgehead atoms. The normalized spacial score (nSPS) is 20.6. The van der Waals surface area contributed by atoms with Crippen molar-refractivity contribution in [2.24, 2.45) is 5.92 Å². The lowest BCUT2D eigenvalue weighted by molar-refractivity contribution is -0.147. The molecule has 1 amide bonds. The molecule has 0 spiro atoms. The minimum atomic E-state index is -5.00. The lowest BCUT2D eigenvalue weighted by atomic mass is 9.93. The number of methoxy groups -OCH3 is 1. The van der Waals surface area contributed by atoms with Gasteiger partial charge in [-0.05, 0) is 29.2 Å². The van der Waals surface area contributed by atoms with Crippen molar-refractivity contribution in [1.29, 1.82) is 0 Å². The summed E-state index contributed by atoms with van der Waals surface area (Å²) in [5, 5.41) is 1.73. The van der Waals surface area contributed by atoms with Gasteiger partial charge in [-0.2, -0.15) is 4.67 Å². The number of carbonyl (C=O) groups excluding carboxylic acids is 2. The topological polar surface area (TPSA) is 131 Å². The number of benzene rings is 2. The Morgan fingerprint density at radius 1 is 1.17 bits per heavy atom. The summed E-state index contributed by atoms with van der Waals surface area (Å²) in [5.41, 5.74) is 0.101. The van der Waals surface area contributed by atoms with Crippen LogP contribution < -0.4 is 15.0 Å². The molecule has 2 aromatic carbocycles. The Morgan fingerprint density at radius 3 is 2.62 bits per heavy atom. The lowest BCUT2D eigenvalue weighted by Gasteiger charge is -2.51. The Hall–Kier alpha value is -3.75. The molecule has 48 heavy (non-hydrogen) atoms. The zero-order chi connectivity index (χ0) is 34.5. The third-order valence-electron chi connectivity index (χ3n) is 8.79. The number of aromatic nitrogens is 1. The first-order chi connectivity index (χ1) is 22.9. The van der Waals surface area contributed by atoms with Crippen molar-refractivity contribution in [1.82, 2.24) is 14.2 Å². The van der Waals surface area contributed by atoms with E-state index in [1.54, 1.807) is 25.8 Å². The highest BCUT2D eigenvalue weighted by Gasteiger charge is 2.48. The van der Waals surface area contributed by atoms with Crippen molar-refractivity contribution in [3.8, 4) is 5.75 Å². The van der Waals surface area contributed by atoms with Crippen molar-refractivity contribution in [3.63, 3.8) is 0 Å². The summed E-state index contributed by atoms with van der Waals surface area (Å²) in [4.78, 5) is 54.1. The predicted molar refractivity (Wildman–Crippen MR) is 172 cm³/mol. The van der Waals surface area contributed by atoms with Gasteiger partial charge in [-0.25, -0.2) is 13.3 Å². The Morgan fingerprint density at radius 2 is 1.92 bits per heavy atom. The minimum absolute atomic E-state index is 0.0373. The molecular formula is C32H35F2N4O8PS.